The molecule has 1 atom stereocenters. The predicted molar refractivity (Wildman–Crippen MR) is 61.2 cm³/mol. The van der Waals surface area contributed by atoms with Gasteiger partial charge in [-0.15, -0.1) is 0 Å². The number of methoxy groups -OCH3 is 1. The van der Waals surface area contributed by atoms with Gasteiger partial charge in [-0.05, 0) is 5.92 Å². The first-order valence-electron chi connectivity index (χ1n) is 5.25. The van der Waals surface area contributed by atoms with Crippen LogP contribution in [0.2, 0.25) is 0 Å². The molecule has 0 aromatic carbocycles. The minimum Gasteiger partial charge on any atom is -0.468 e. The van der Waals surface area contributed by atoms with Crippen LogP contribution in [0, 0.1) is 5.92 Å². The highest BCUT2D eigenvalue weighted by molar-refractivity contribution is 5.95. The molecule has 0 fully saturated rings. The van der Waals surface area contributed by atoms with Crippen LogP contribution in [-0.4, -0.2) is 44.7 Å². The molecule has 0 aromatic rings. The number of amides is 3. The number of carbonyl (C=O) groups excluding carboxylic acids is 3. The first-order chi connectivity index (χ1) is 7.92. The second kappa shape index (κ2) is 7.61. The molecule has 0 saturated carbocycles. The van der Waals surface area contributed by atoms with E-state index >= 15 is 0 Å². The standard InChI is InChI=1S/C10H19N3O4/c1-6(2)8(9(15)17-4)12-5-7(14)13-10(16)11-3/h6,8,12H,5H2,1-4H3,(H2,11,13,14,16). The van der Waals surface area contributed by atoms with Crippen LogP contribution in [0.4, 0.5) is 4.79 Å². The van der Waals surface area contributed by atoms with E-state index in [9.17, 15) is 14.4 Å². The largest absolute Gasteiger partial charge is 0.468 e. The van der Waals surface area contributed by atoms with E-state index in [0.717, 1.165) is 0 Å². The number of imide groups is 1. The normalized spacial score (nSPS) is 11.8. The number of esters is 1. The molecule has 3 amide bonds. The van der Waals surface area contributed by atoms with Crippen LogP contribution in [0.25, 0.3) is 0 Å². The molecule has 0 radical (unpaired) electrons. The summed E-state index contributed by atoms with van der Waals surface area (Å²) in [6, 6.07) is -1.16. The Labute approximate surface area is 100 Å². The quantitative estimate of drug-likeness (QED) is 0.553. The summed E-state index contributed by atoms with van der Waals surface area (Å²) < 4.78 is 4.60. The van der Waals surface area contributed by atoms with Crippen LogP contribution >= 0.6 is 0 Å². The van der Waals surface area contributed by atoms with Crippen LogP contribution in [0.15, 0.2) is 0 Å². The molecular weight excluding hydrogens is 226 g/mol. The Kier molecular flexibility index (Phi) is 6.88. The average Bonchev–Trinajstić information content (AvgIpc) is 2.28. The van der Waals surface area contributed by atoms with Gasteiger partial charge in [-0.3, -0.25) is 20.2 Å². The van der Waals surface area contributed by atoms with Gasteiger partial charge in [0.05, 0.1) is 13.7 Å². The zero-order valence-electron chi connectivity index (χ0n) is 10.5. The van der Waals surface area contributed by atoms with Crippen LogP contribution < -0.4 is 16.0 Å². The van der Waals surface area contributed by atoms with Gasteiger partial charge in [0.25, 0.3) is 0 Å². The van der Waals surface area contributed by atoms with Gasteiger partial charge in [0.15, 0.2) is 0 Å². The van der Waals surface area contributed by atoms with Gasteiger partial charge in [-0.1, -0.05) is 13.8 Å². The smallest absolute Gasteiger partial charge is 0.323 e. The topological polar surface area (TPSA) is 96.5 Å². The van der Waals surface area contributed by atoms with Crippen molar-refractivity contribution in [3.05, 3.63) is 0 Å². The number of ether oxygens (including phenoxy) is 1. The molecule has 0 aliphatic rings. The van der Waals surface area contributed by atoms with E-state index in [-0.39, 0.29) is 12.5 Å². The number of nitrogens with one attached hydrogen (secondary N) is 3. The molecule has 0 aliphatic heterocycles. The molecule has 0 aliphatic carbocycles. The maximum absolute atomic E-state index is 11.3. The van der Waals surface area contributed by atoms with Gasteiger partial charge in [0.1, 0.15) is 6.04 Å². The fourth-order valence-electron chi connectivity index (χ4n) is 1.15. The monoisotopic (exact) mass is 245 g/mol. The van der Waals surface area contributed by atoms with E-state index in [0.29, 0.717) is 0 Å². The Morgan fingerprint density at radius 2 is 1.82 bits per heavy atom. The Bertz CT molecular complexity index is 291. The van der Waals surface area contributed by atoms with Crippen molar-refractivity contribution in [2.24, 2.45) is 5.92 Å². The molecule has 98 valence electrons. The van der Waals surface area contributed by atoms with Gasteiger partial charge >= 0.3 is 12.0 Å². The summed E-state index contributed by atoms with van der Waals surface area (Å²) >= 11 is 0. The van der Waals surface area contributed by atoms with Crippen molar-refractivity contribution in [1.82, 2.24) is 16.0 Å². The van der Waals surface area contributed by atoms with E-state index in [4.69, 9.17) is 0 Å². The third-order valence-electron chi connectivity index (χ3n) is 2.08. The fourth-order valence-corrected chi connectivity index (χ4v) is 1.15. The summed E-state index contributed by atoms with van der Waals surface area (Å²) in [4.78, 5) is 33.4. The van der Waals surface area contributed by atoms with Crippen LogP contribution in [-0.2, 0) is 14.3 Å². The van der Waals surface area contributed by atoms with Crippen molar-refractivity contribution < 1.29 is 19.1 Å². The molecule has 7 heteroatoms. The Hall–Kier alpha value is -1.63. The molecule has 0 saturated heterocycles. The van der Waals surface area contributed by atoms with E-state index < -0.39 is 23.9 Å². The lowest BCUT2D eigenvalue weighted by Crippen LogP contribution is -2.48. The third kappa shape index (κ3) is 5.86. The molecule has 3 N–H and O–H groups in total. The van der Waals surface area contributed by atoms with Crippen LogP contribution in [0.3, 0.4) is 0 Å². The summed E-state index contributed by atoms with van der Waals surface area (Å²) in [6.07, 6.45) is 0. The molecule has 0 aromatic heterocycles. The maximum Gasteiger partial charge on any atom is 0.323 e. The maximum atomic E-state index is 11.3. The highest BCUT2D eigenvalue weighted by atomic mass is 16.5. The number of rotatable bonds is 5. The van der Waals surface area contributed by atoms with Crippen molar-refractivity contribution in [3.63, 3.8) is 0 Å². The first kappa shape index (κ1) is 15.4. The first-order valence-corrected chi connectivity index (χ1v) is 5.25. The molecule has 0 rings (SSSR count). The number of hydrogen-bond acceptors (Lipinski definition) is 5. The minimum absolute atomic E-state index is 0.0183. The Morgan fingerprint density at radius 3 is 2.24 bits per heavy atom. The molecule has 0 spiro atoms. The fraction of sp³-hybridized carbons (Fsp3) is 0.700. The number of urea groups is 1. The molecular formula is C10H19N3O4. The summed E-state index contributed by atoms with van der Waals surface area (Å²) in [5.41, 5.74) is 0. The summed E-state index contributed by atoms with van der Waals surface area (Å²) in [7, 11) is 2.69. The highest BCUT2D eigenvalue weighted by Crippen LogP contribution is 2.02. The Morgan fingerprint density at radius 1 is 1.24 bits per heavy atom. The zero-order valence-corrected chi connectivity index (χ0v) is 10.5. The van der Waals surface area contributed by atoms with Crippen molar-refractivity contribution >= 4 is 17.9 Å². The lowest BCUT2D eigenvalue weighted by molar-refractivity contribution is -0.144. The van der Waals surface area contributed by atoms with Gasteiger partial charge in [0.2, 0.25) is 5.91 Å². The van der Waals surface area contributed by atoms with E-state index in [1.807, 2.05) is 13.8 Å². The summed E-state index contributed by atoms with van der Waals surface area (Å²) in [5.74, 6) is -0.970. The predicted octanol–water partition coefficient (Wildman–Crippen LogP) is -0.771. The van der Waals surface area contributed by atoms with E-state index in [1.165, 1.54) is 14.2 Å². The molecule has 17 heavy (non-hydrogen) atoms. The van der Waals surface area contributed by atoms with Crippen molar-refractivity contribution in [2.75, 3.05) is 20.7 Å². The number of hydrogen-bond donors (Lipinski definition) is 3. The molecule has 0 heterocycles. The zero-order chi connectivity index (χ0) is 13.4. The SMILES string of the molecule is CNC(=O)NC(=O)CNC(C(=O)OC)C(C)C. The average molecular weight is 245 g/mol. The second-order valence-corrected chi connectivity index (χ2v) is 3.75. The van der Waals surface area contributed by atoms with Gasteiger partial charge in [0, 0.05) is 7.05 Å². The van der Waals surface area contributed by atoms with Crippen LogP contribution in [0.5, 0.6) is 0 Å². The molecule has 0 bridgehead atoms. The van der Waals surface area contributed by atoms with Crippen LogP contribution in [0.1, 0.15) is 13.8 Å². The second-order valence-electron chi connectivity index (χ2n) is 3.75. The lowest BCUT2D eigenvalue weighted by Gasteiger charge is -2.19. The highest BCUT2D eigenvalue weighted by Gasteiger charge is 2.23. The Balaban J connectivity index is 4.18. The lowest BCUT2D eigenvalue weighted by atomic mass is 10.0. The molecule has 1 unspecified atom stereocenters. The van der Waals surface area contributed by atoms with Crippen molar-refractivity contribution in [3.8, 4) is 0 Å². The van der Waals surface area contributed by atoms with Gasteiger partial charge in [-0.25, -0.2) is 4.79 Å². The van der Waals surface area contributed by atoms with Gasteiger partial charge < -0.3 is 10.1 Å². The van der Waals surface area contributed by atoms with Gasteiger partial charge in [-0.2, -0.15) is 0 Å². The third-order valence-corrected chi connectivity index (χ3v) is 2.08. The van der Waals surface area contributed by atoms with E-state index in [2.05, 4.69) is 20.7 Å². The molecule has 7 nitrogen and oxygen atoms in total. The van der Waals surface area contributed by atoms with Crippen molar-refractivity contribution in [1.29, 1.82) is 0 Å². The summed E-state index contributed by atoms with van der Waals surface area (Å²) in [5, 5.41) is 7.06. The number of carbonyl (C=O) groups is 3. The summed E-state index contributed by atoms with van der Waals surface area (Å²) in [6.45, 7) is 3.52. The van der Waals surface area contributed by atoms with E-state index in [1.54, 1.807) is 0 Å². The minimum atomic E-state index is -0.587. The van der Waals surface area contributed by atoms with Crippen molar-refractivity contribution in [2.45, 2.75) is 19.9 Å².